The molecule has 6 nitrogen and oxygen atoms in total. The fourth-order valence-corrected chi connectivity index (χ4v) is 2.37. The second-order valence-corrected chi connectivity index (χ2v) is 6.06. The molecule has 1 aromatic heterocycles. The first-order chi connectivity index (χ1) is 12.1. The van der Waals surface area contributed by atoms with Crippen molar-refractivity contribution in [3.05, 3.63) is 52.3 Å². The average molecular weight is 363 g/mol. The van der Waals surface area contributed by atoms with Crippen LogP contribution in [0, 0.1) is 6.92 Å². The zero-order chi connectivity index (χ0) is 18.1. The maximum atomic E-state index is 12.3. The molecule has 0 aliphatic heterocycles. The SMILES string of the molecule is COCCCNc1nc(C)cc(C(=O)NCCc2ccc(Cl)cc2)n1. The molecule has 1 aromatic carbocycles. The molecule has 7 heteroatoms. The number of hydrogen-bond acceptors (Lipinski definition) is 5. The van der Waals surface area contributed by atoms with E-state index >= 15 is 0 Å². The summed E-state index contributed by atoms with van der Waals surface area (Å²) < 4.78 is 5.00. The highest BCUT2D eigenvalue weighted by atomic mass is 35.5. The highest BCUT2D eigenvalue weighted by molar-refractivity contribution is 6.30. The van der Waals surface area contributed by atoms with Gasteiger partial charge in [-0.05, 0) is 43.5 Å². The van der Waals surface area contributed by atoms with Crippen molar-refractivity contribution in [2.45, 2.75) is 19.8 Å². The third kappa shape index (κ3) is 6.68. The summed E-state index contributed by atoms with van der Waals surface area (Å²) in [6, 6.07) is 9.26. The predicted molar refractivity (Wildman–Crippen MR) is 99.2 cm³/mol. The second-order valence-electron chi connectivity index (χ2n) is 5.62. The fourth-order valence-electron chi connectivity index (χ4n) is 2.24. The average Bonchev–Trinajstić information content (AvgIpc) is 2.60. The van der Waals surface area contributed by atoms with Gasteiger partial charge in [-0.3, -0.25) is 4.79 Å². The molecule has 0 bridgehead atoms. The van der Waals surface area contributed by atoms with E-state index in [1.807, 2.05) is 31.2 Å². The van der Waals surface area contributed by atoms with Crippen LogP contribution in [0.2, 0.25) is 5.02 Å². The van der Waals surface area contributed by atoms with E-state index in [1.54, 1.807) is 13.2 Å². The topological polar surface area (TPSA) is 76.1 Å². The Balaban J connectivity index is 1.87. The molecule has 1 amide bonds. The summed E-state index contributed by atoms with van der Waals surface area (Å²) in [5, 5.41) is 6.69. The molecule has 0 saturated carbocycles. The lowest BCUT2D eigenvalue weighted by Crippen LogP contribution is -2.27. The molecule has 2 N–H and O–H groups in total. The van der Waals surface area contributed by atoms with Gasteiger partial charge in [0.25, 0.3) is 5.91 Å². The van der Waals surface area contributed by atoms with Crippen molar-refractivity contribution in [3.63, 3.8) is 0 Å². The predicted octanol–water partition coefficient (Wildman–Crippen LogP) is 2.86. The van der Waals surface area contributed by atoms with Gasteiger partial charge in [-0.25, -0.2) is 9.97 Å². The number of benzene rings is 1. The number of aromatic nitrogens is 2. The first-order valence-corrected chi connectivity index (χ1v) is 8.57. The van der Waals surface area contributed by atoms with E-state index in [4.69, 9.17) is 16.3 Å². The Bertz CT molecular complexity index is 692. The van der Waals surface area contributed by atoms with E-state index in [9.17, 15) is 4.79 Å². The lowest BCUT2D eigenvalue weighted by Gasteiger charge is -2.09. The van der Waals surface area contributed by atoms with Crippen molar-refractivity contribution < 1.29 is 9.53 Å². The molecule has 1 heterocycles. The first kappa shape index (κ1) is 19.1. The largest absolute Gasteiger partial charge is 0.385 e. The Hall–Kier alpha value is -2.18. The number of anilines is 1. The molecule has 134 valence electrons. The molecular formula is C18H23ClN4O2. The Morgan fingerprint density at radius 3 is 2.68 bits per heavy atom. The lowest BCUT2D eigenvalue weighted by atomic mass is 10.1. The number of carbonyl (C=O) groups excluding carboxylic acids is 1. The number of methoxy groups -OCH3 is 1. The van der Waals surface area contributed by atoms with Crippen molar-refractivity contribution in [1.29, 1.82) is 0 Å². The molecule has 0 aliphatic carbocycles. The monoisotopic (exact) mass is 362 g/mol. The normalized spacial score (nSPS) is 10.5. The summed E-state index contributed by atoms with van der Waals surface area (Å²) in [5.41, 5.74) is 2.22. The maximum Gasteiger partial charge on any atom is 0.270 e. The Morgan fingerprint density at radius 2 is 1.96 bits per heavy atom. The molecule has 0 spiro atoms. The summed E-state index contributed by atoms with van der Waals surface area (Å²) in [7, 11) is 1.66. The number of nitrogens with one attached hydrogen (secondary N) is 2. The summed E-state index contributed by atoms with van der Waals surface area (Å²) in [6.45, 7) is 3.72. The van der Waals surface area contributed by atoms with Crippen molar-refractivity contribution in [2.75, 3.05) is 32.1 Å². The molecule has 0 unspecified atom stereocenters. The smallest absolute Gasteiger partial charge is 0.270 e. The summed E-state index contributed by atoms with van der Waals surface area (Å²) >= 11 is 5.86. The van der Waals surface area contributed by atoms with Crippen LogP contribution in [0.15, 0.2) is 30.3 Å². The van der Waals surface area contributed by atoms with Gasteiger partial charge in [-0.1, -0.05) is 23.7 Å². The summed E-state index contributed by atoms with van der Waals surface area (Å²) in [4.78, 5) is 20.9. The quantitative estimate of drug-likeness (QED) is 0.671. The minimum atomic E-state index is -0.209. The maximum absolute atomic E-state index is 12.3. The van der Waals surface area contributed by atoms with E-state index in [-0.39, 0.29) is 5.91 Å². The number of hydrogen-bond donors (Lipinski definition) is 2. The number of aryl methyl sites for hydroxylation is 1. The van der Waals surface area contributed by atoms with Gasteiger partial charge < -0.3 is 15.4 Å². The van der Waals surface area contributed by atoms with Crippen LogP contribution in [0.4, 0.5) is 5.95 Å². The summed E-state index contributed by atoms with van der Waals surface area (Å²) in [5.74, 6) is 0.248. The summed E-state index contributed by atoms with van der Waals surface area (Å²) in [6.07, 6.45) is 1.57. The highest BCUT2D eigenvalue weighted by Gasteiger charge is 2.10. The van der Waals surface area contributed by atoms with Crippen molar-refractivity contribution in [1.82, 2.24) is 15.3 Å². The highest BCUT2D eigenvalue weighted by Crippen LogP contribution is 2.10. The van der Waals surface area contributed by atoms with Crippen molar-refractivity contribution in [2.24, 2.45) is 0 Å². The third-order valence-electron chi connectivity index (χ3n) is 3.51. The van der Waals surface area contributed by atoms with E-state index in [0.717, 1.165) is 24.1 Å². The van der Waals surface area contributed by atoms with Crippen LogP contribution >= 0.6 is 11.6 Å². The zero-order valence-electron chi connectivity index (χ0n) is 14.5. The van der Waals surface area contributed by atoms with Gasteiger partial charge in [-0.2, -0.15) is 0 Å². The van der Waals surface area contributed by atoms with Crippen LogP contribution in [-0.2, 0) is 11.2 Å². The molecular weight excluding hydrogens is 340 g/mol. The Labute approximate surface area is 153 Å². The molecule has 2 rings (SSSR count). The number of nitrogens with zero attached hydrogens (tertiary/aromatic N) is 2. The van der Waals surface area contributed by atoms with Crippen LogP contribution in [0.25, 0.3) is 0 Å². The first-order valence-electron chi connectivity index (χ1n) is 8.19. The molecule has 25 heavy (non-hydrogen) atoms. The standard InChI is InChI=1S/C18H23ClN4O2/c1-13-12-16(23-18(22-13)21-9-3-11-25-2)17(24)20-10-8-14-4-6-15(19)7-5-14/h4-7,12H,3,8-11H2,1-2H3,(H,20,24)(H,21,22,23). The van der Waals surface area contributed by atoms with Gasteiger partial charge in [0.05, 0.1) is 0 Å². The second kappa shape index (κ2) is 9.96. The van der Waals surface area contributed by atoms with Crippen LogP contribution in [0.3, 0.4) is 0 Å². The lowest BCUT2D eigenvalue weighted by molar-refractivity contribution is 0.0949. The van der Waals surface area contributed by atoms with Gasteiger partial charge in [-0.15, -0.1) is 0 Å². The van der Waals surface area contributed by atoms with Crippen molar-refractivity contribution in [3.8, 4) is 0 Å². The molecule has 0 saturated heterocycles. The van der Waals surface area contributed by atoms with Gasteiger partial charge in [0.1, 0.15) is 5.69 Å². The van der Waals surface area contributed by atoms with Crippen LogP contribution in [0.1, 0.15) is 28.2 Å². The Morgan fingerprint density at radius 1 is 1.20 bits per heavy atom. The zero-order valence-corrected chi connectivity index (χ0v) is 15.3. The van der Waals surface area contributed by atoms with Gasteiger partial charge in [0.15, 0.2) is 0 Å². The van der Waals surface area contributed by atoms with Crippen LogP contribution in [-0.4, -0.2) is 42.7 Å². The number of carbonyl (C=O) groups is 1. The molecule has 0 radical (unpaired) electrons. The minimum Gasteiger partial charge on any atom is -0.385 e. The van der Waals surface area contributed by atoms with Gasteiger partial charge in [0.2, 0.25) is 5.95 Å². The molecule has 0 atom stereocenters. The third-order valence-corrected chi connectivity index (χ3v) is 3.76. The van der Waals surface area contributed by atoms with E-state index in [0.29, 0.717) is 36.4 Å². The molecule has 0 fully saturated rings. The molecule has 2 aromatic rings. The van der Waals surface area contributed by atoms with Crippen LogP contribution in [0.5, 0.6) is 0 Å². The Kier molecular flexibility index (Phi) is 7.63. The number of halogens is 1. The van der Waals surface area contributed by atoms with Gasteiger partial charge in [0, 0.05) is 37.5 Å². The fraction of sp³-hybridized carbons (Fsp3) is 0.389. The van der Waals surface area contributed by atoms with Crippen molar-refractivity contribution >= 4 is 23.5 Å². The van der Waals surface area contributed by atoms with E-state index in [1.165, 1.54) is 0 Å². The minimum absolute atomic E-state index is 0.209. The number of ether oxygens (including phenoxy) is 1. The van der Waals surface area contributed by atoms with Gasteiger partial charge >= 0.3 is 0 Å². The van der Waals surface area contributed by atoms with Crippen LogP contribution < -0.4 is 10.6 Å². The number of amides is 1. The molecule has 0 aliphatic rings. The van der Waals surface area contributed by atoms with E-state index < -0.39 is 0 Å². The number of rotatable bonds is 9. The van der Waals surface area contributed by atoms with E-state index in [2.05, 4.69) is 20.6 Å².